The molecule has 3 rings (SSSR count). The molecule has 0 bridgehead atoms. The number of hydrogen-bond acceptors (Lipinski definition) is 4. The van der Waals surface area contributed by atoms with E-state index < -0.39 is 0 Å². The summed E-state index contributed by atoms with van der Waals surface area (Å²) in [4.78, 5) is 4.25. The van der Waals surface area contributed by atoms with Crippen molar-refractivity contribution < 1.29 is 8.81 Å². The van der Waals surface area contributed by atoms with Crippen molar-refractivity contribution in [3.63, 3.8) is 0 Å². The standard InChI is InChI=1S/C15H14FN3O/c1-17-9-10-2-5-12(6-3-10)18-15-19-13-7-4-11(16)8-14(13)20-15/h2-8,17H,9H2,1H3,(H,18,19). The van der Waals surface area contributed by atoms with E-state index in [1.807, 2.05) is 31.3 Å². The molecule has 2 N–H and O–H groups in total. The van der Waals surface area contributed by atoms with Gasteiger partial charge in [0.05, 0.1) is 0 Å². The van der Waals surface area contributed by atoms with E-state index in [1.54, 1.807) is 6.07 Å². The van der Waals surface area contributed by atoms with Crippen LogP contribution in [0, 0.1) is 5.82 Å². The lowest BCUT2D eigenvalue weighted by Gasteiger charge is -2.03. The highest BCUT2D eigenvalue weighted by Gasteiger charge is 2.06. The van der Waals surface area contributed by atoms with Gasteiger partial charge in [0.2, 0.25) is 0 Å². The van der Waals surface area contributed by atoms with Crippen LogP contribution in [0.1, 0.15) is 5.56 Å². The normalized spacial score (nSPS) is 10.9. The highest BCUT2D eigenvalue weighted by molar-refractivity contribution is 5.75. The quantitative estimate of drug-likeness (QED) is 0.763. The summed E-state index contributed by atoms with van der Waals surface area (Å²) in [6, 6.07) is 12.6. The first-order chi connectivity index (χ1) is 9.74. The Bertz CT molecular complexity index is 722. The van der Waals surface area contributed by atoms with Crippen molar-refractivity contribution in [3.8, 4) is 0 Å². The Morgan fingerprint density at radius 1 is 1.15 bits per heavy atom. The van der Waals surface area contributed by atoms with Crippen molar-refractivity contribution in [2.75, 3.05) is 12.4 Å². The van der Waals surface area contributed by atoms with Crippen molar-refractivity contribution in [3.05, 3.63) is 53.8 Å². The summed E-state index contributed by atoms with van der Waals surface area (Å²) in [5.41, 5.74) is 3.12. The minimum absolute atomic E-state index is 0.336. The zero-order chi connectivity index (χ0) is 13.9. The Kier molecular flexibility index (Phi) is 3.35. The predicted octanol–water partition coefficient (Wildman–Crippen LogP) is 3.43. The van der Waals surface area contributed by atoms with Gasteiger partial charge in [0.15, 0.2) is 5.58 Å². The Hall–Kier alpha value is -2.40. The molecule has 2 aromatic carbocycles. The van der Waals surface area contributed by atoms with Crippen molar-refractivity contribution in [1.29, 1.82) is 0 Å². The van der Waals surface area contributed by atoms with Gasteiger partial charge < -0.3 is 15.1 Å². The molecule has 0 saturated carbocycles. The Morgan fingerprint density at radius 3 is 2.70 bits per heavy atom. The molecule has 0 atom stereocenters. The molecule has 20 heavy (non-hydrogen) atoms. The molecule has 4 nitrogen and oxygen atoms in total. The summed E-state index contributed by atoms with van der Waals surface area (Å²) in [5.74, 6) is -0.336. The van der Waals surface area contributed by atoms with Crippen LogP contribution in [0.4, 0.5) is 16.1 Å². The Balaban J connectivity index is 1.81. The lowest BCUT2D eigenvalue weighted by atomic mass is 10.2. The predicted molar refractivity (Wildman–Crippen MR) is 76.5 cm³/mol. The number of anilines is 2. The van der Waals surface area contributed by atoms with Crippen LogP contribution in [-0.2, 0) is 6.54 Å². The molecule has 0 saturated heterocycles. The molecule has 0 amide bonds. The van der Waals surface area contributed by atoms with Crippen LogP contribution in [0.5, 0.6) is 0 Å². The van der Waals surface area contributed by atoms with Gasteiger partial charge in [-0.1, -0.05) is 12.1 Å². The number of oxazole rings is 1. The average Bonchev–Trinajstić information content (AvgIpc) is 2.82. The van der Waals surface area contributed by atoms with E-state index in [0.29, 0.717) is 17.1 Å². The van der Waals surface area contributed by atoms with Gasteiger partial charge >= 0.3 is 0 Å². The molecule has 0 radical (unpaired) electrons. The molecule has 1 aromatic heterocycles. The second kappa shape index (κ2) is 5.30. The Morgan fingerprint density at radius 2 is 1.95 bits per heavy atom. The number of nitrogens with one attached hydrogen (secondary N) is 2. The molecule has 0 aliphatic heterocycles. The van der Waals surface area contributed by atoms with E-state index >= 15 is 0 Å². The molecule has 0 aliphatic carbocycles. The van der Waals surface area contributed by atoms with Crippen LogP contribution >= 0.6 is 0 Å². The summed E-state index contributed by atoms with van der Waals surface area (Å²) < 4.78 is 18.5. The van der Waals surface area contributed by atoms with E-state index in [-0.39, 0.29) is 5.82 Å². The third kappa shape index (κ3) is 2.62. The van der Waals surface area contributed by atoms with E-state index in [4.69, 9.17) is 4.42 Å². The maximum Gasteiger partial charge on any atom is 0.300 e. The third-order valence-electron chi connectivity index (χ3n) is 2.94. The minimum Gasteiger partial charge on any atom is -0.423 e. The van der Waals surface area contributed by atoms with Crippen LogP contribution in [0.25, 0.3) is 11.1 Å². The topological polar surface area (TPSA) is 50.1 Å². The summed E-state index contributed by atoms with van der Waals surface area (Å²) in [6.07, 6.45) is 0. The maximum absolute atomic E-state index is 13.1. The van der Waals surface area contributed by atoms with Gasteiger partial charge in [-0.3, -0.25) is 0 Å². The van der Waals surface area contributed by atoms with Crippen LogP contribution in [0.15, 0.2) is 46.9 Å². The lowest BCUT2D eigenvalue weighted by molar-refractivity contribution is 0.604. The van der Waals surface area contributed by atoms with Crippen LogP contribution in [0.3, 0.4) is 0 Å². The minimum atomic E-state index is -0.336. The van der Waals surface area contributed by atoms with Crippen molar-refractivity contribution in [2.24, 2.45) is 0 Å². The number of benzene rings is 2. The smallest absolute Gasteiger partial charge is 0.300 e. The first-order valence-corrected chi connectivity index (χ1v) is 6.31. The Labute approximate surface area is 115 Å². The van der Waals surface area contributed by atoms with Gasteiger partial charge in [-0.2, -0.15) is 4.98 Å². The number of fused-ring (bicyclic) bond motifs is 1. The molecule has 0 spiro atoms. The van der Waals surface area contributed by atoms with E-state index in [9.17, 15) is 4.39 Å². The van der Waals surface area contributed by atoms with E-state index in [0.717, 1.165) is 12.2 Å². The SMILES string of the molecule is CNCc1ccc(Nc2nc3ccc(F)cc3o2)cc1. The molecular formula is C15H14FN3O. The van der Waals surface area contributed by atoms with Crippen molar-refractivity contribution in [2.45, 2.75) is 6.54 Å². The fourth-order valence-corrected chi connectivity index (χ4v) is 1.99. The molecule has 3 aromatic rings. The average molecular weight is 271 g/mol. The summed E-state index contributed by atoms with van der Waals surface area (Å²) in [7, 11) is 1.91. The molecule has 0 fully saturated rings. The van der Waals surface area contributed by atoms with Gasteiger partial charge in [0.1, 0.15) is 11.3 Å². The van der Waals surface area contributed by atoms with Gasteiger partial charge in [0.25, 0.3) is 6.01 Å². The fourth-order valence-electron chi connectivity index (χ4n) is 1.99. The number of nitrogens with zero attached hydrogens (tertiary/aromatic N) is 1. The summed E-state index contributed by atoms with van der Waals surface area (Å²) in [6.45, 7) is 0.822. The molecule has 102 valence electrons. The van der Waals surface area contributed by atoms with E-state index in [2.05, 4.69) is 15.6 Å². The fraction of sp³-hybridized carbons (Fsp3) is 0.133. The highest BCUT2D eigenvalue weighted by Crippen LogP contribution is 2.22. The number of halogens is 1. The largest absolute Gasteiger partial charge is 0.423 e. The molecule has 0 aliphatic rings. The number of hydrogen-bond donors (Lipinski definition) is 2. The van der Waals surface area contributed by atoms with Gasteiger partial charge in [-0.25, -0.2) is 4.39 Å². The van der Waals surface area contributed by atoms with E-state index in [1.165, 1.54) is 17.7 Å². The second-order valence-electron chi connectivity index (χ2n) is 4.48. The van der Waals surface area contributed by atoms with Gasteiger partial charge in [0, 0.05) is 18.3 Å². The lowest BCUT2D eigenvalue weighted by Crippen LogP contribution is -2.04. The first-order valence-electron chi connectivity index (χ1n) is 6.31. The maximum atomic E-state index is 13.1. The molecule has 0 unspecified atom stereocenters. The molecular weight excluding hydrogens is 257 g/mol. The first kappa shape index (κ1) is 12.6. The zero-order valence-electron chi connectivity index (χ0n) is 11.0. The van der Waals surface area contributed by atoms with Gasteiger partial charge in [-0.15, -0.1) is 0 Å². The number of rotatable bonds is 4. The van der Waals surface area contributed by atoms with Crippen LogP contribution in [0.2, 0.25) is 0 Å². The van der Waals surface area contributed by atoms with Crippen LogP contribution < -0.4 is 10.6 Å². The summed E-state index contributed by atoms with van der Waals surface area (Å²) >= 11 is 0. The summed E-state index contributed by atoms with van der Waals surface area (Å²) in [5, 5.41) is 6.15. The monoisotopic (exact) mass is 271 g/mol. The number of aromatic nitrogens is 1. The van der Waals surface area contributed by atoms with Gasteiger partial charge in [-0.05, 0) is 36.9 Å². The van der Waals surface area contributed by atoms with Crippen LogP contribution in [-0.4, -0.2) is 12.0 Å². The van der Waals surface area contributed by atoms with Crippen molar-refractivity contribution in [1.82, 2.24) is 10.3 Å². The second-order valence-corrected chi connectivity index (χ2v) is 4.48. The zero-order valence-corrected chi connectivity index (χ0v) is 11.0. The highest BCUT2D eigenvalue weighted by atomic mass is 19.1. The molecule has 5 heteroatoms. The molecule has 1 heterocycles. The third-order valence-corrected chi connectivity index (χ3v) is 2.94. The van der Waals surface area contributed by atoms with Crippen molar-refractivity contribution >= 4 is 22.8 Å².